The van der Waals surface area contributed by atoms with Crippen LogP contribution in [0.2, 0.25) is 0 Å². The lowest BCUT2D eigenvalue weighted by atomic mass is 10.0. The van der Waals surface area contributed by atoms with Crippen molar-refractivity contribution in [2.75, 3.05) is 6.54 Å². The molecule has 0 radical (unpaired) electrons. The van der Waals surface area contributed by atoms with Crippen molar-refractivity contribution < 1.29 is 9.59 Å². The van der Waals surface area contributed by atoms with E-state index < -0.39 is 6.04 Å². The Hall–Kier alpha value is -3.93. The molecule has 0 unspecified atom stereocenters. The van der Waals surface area contributed by atoms with Gasteiger partial charge in [-0.1, -0.05) is 72.8 Å². The number of para-hydroxylation sites is 2. The summed E-state index contributed by atoms with van der Waals surface area (Å²) in [6.07, 6.45) is 0.834. The summed E-state index contributed by atoms with van der Waals surface area (Å²) in [7, 11) is 0. The molecule has 2 heterocycles. The van der Waals surface area contributed by atoms with Crippen molar-refractivity contribution in [2.45, 2.75) is 38.4 Å². The van der Waals surface area contributed by atoms with Crippen LogP contribution in [0.15, 0.2) is 84.9 Å². The van der Waals surface area contributed by atoms with Crippen LogP contribution in [0.1, 0.15) is 42.4 Å². The average molecular weight is 453 g/mol. The van der Waals surface area contributed by atoms with Gasteiger partial charge in [-0.05, 0) is 36.6 Å². The van der Waals surface area contributed by atoms with Crippen molar-refractivity contribution in [2.24, 2.45) is 0 Å². The summed E-state index contributed by atoms with van der Waals surface area (Å²) in [5.41, 5.74) is 3.95. The highest BCUT2D eigenvalue weighted by Gasteiger charge is 2.40. The van der Waals surface area contributed by atoms with Crippen molar-refractivity contribution in [3.63, 3.8) is 0 Å². The highest BCUT2D eigenvalue weighted by Crippen LogP contribution is 2.37. The van der Waals surface area contributed by atoms with E-state index in [9.17, 15) is 9.59 Å². The van der Waals surface area contributed by atoms with Crippen molar-refractivity contribution in [1.82, 2.24) is 19.8 Å². The largest absolute Gasteiger partial charge is 0.356 e. The molecule has 1 N–H and O–H groups in total. The van der Waals surface area contributed by atoms with Gasteiger partial charge in [-0.2, -0.15) is 0 Å². The van der Waals surface area contributed by atoms with Crippen molar-refractivity contribution in [3.8, 4) is 0 Å². The Bertz CT molecular complexity index is 1300. The van der Waals surface area contributed by atoms with Crippen LogP contribution >= 0.6 is 0 Å². The van der Waals surface area contributed by atoms with E-state index in [1.54, 1.807) is 0 Å². The van der Waals surface area contributed by atoms with Gasteiger partial charge in [0.15, 0.2) is 0 Å². The lowest BCUT2D eigenvalue weighted by Gasteiger charge is -2.38. The third kappa shape index (κ3) is 4.31. The molecule has 0 aliphatic carbocycles. The molecule has 5 rings (SSSR count). The smallest absolute Gasteiger partial charge is 0.247 e. The van der Waals surface area contributed by atoms with Gasteiger partial charge in [0.2, 0.25) is 11.8 Å². The summed E-state index contributed by atoms with van der Waals surface area (Å²) in [5.74, 6) is 0.635. The molecule has 1 aliphatic heterocycles. The number of hydrogen-bond acceptors (Lipinski definition) is 3. The zero-order valence-electron chi connectivity index (χ0n) is 19.2. The number of imidazole rings is 1. The minimum atomic E-state index is -0.626. The first-order chi connectivity index (χ1) is 16.6. The fraction of sp³-hybridized carbons (Fsp3) is 0.250. The van der Waals surface area contributed by atoms with Gasteiger partial charge in [0.1, 0.15) is 11.9 Å². The molecular weight excluding hydrogens is 424 g/mol. The molecule has 34 heavy (non-hydrogen) atoms. The van der Waals surface area contributed by atoms with Gasteiger partial charge < -0.3 is 14.8 Å². The van der Waals surface area contributed by atoms with Crippen LogP contribution in [0.5, 0.6) is 0 Å². The normalized spacial score (nSPS) is 17.6. The van der Waals surface area contributed by atoms with E-state index in [4.69, 9.17) is 4.98 Å². The molecule has 6 nitrogen and oxygen atoms in total. The minimum Gasteiger partial charge on any atom is -0.356 e. The SMILES string of the molecule is C[C@H]1c2nc3ccccc3n2[C@H](CC(=O)NCCc2ccccc2)C(=O)N1Cc1ccccc1. The van der Waals surface area contributed by atoms with E-state index in [-0.39, 0.29) is 24.3 Å². The first kappa shape index (κ1) is 21.9. The monoisotopic (exact) mass is 452 g/mol. The first-order valence-corrected chi connectivity index (χ1v) is 11.7. The molecule has 172 valence electrons. The molecule has 0 saturated heterocycles. The van der Waals surface area contributed by atoms with Crippen LogP contribution in [0.3, 0.4) is 0 Å². The summed E-state index contributed by atoms with van der Waals surface area (Å²) < 4.78 is 1.97. The maximum atomic E-state index is 13.8. The molecule has 0 bridgehead atoms. The molecule has 1 aliphatic rings. The Morgan fingerprint density at radius 2 is 1.56 bits per heavy atom. The number of benzene rings is 3. The zero-order valence-corrected chi connectivity index (χ0v) is 19.2. The standard InChI is InChI=1S/C28H28N4O2/c1-20-27-30-23-14-8-9-15-24(23)32(27)25(28(34)31(20)19-22-12-6-3-7-13-22)18-26(33)29-17-16-21-10-4-2-5-11-21/h2-15,20,25H,16-19H2,1H3,(H,29,33)/t20-,25+/m0/s1. The molecule has 0 saturated carbocycles. The van der Waals surface area contributed by atoms with Crippen LogP contribution in [0, 0.1) is 0 Å². The second-order valence-electron chi connectivity index (χ2n) is 8.76. The number of hydrogen-bond donors (Lipinski definition) is 1. The molecule has 3 aromatic carbocycles. The summed E-state index contributed by atoms with van der Waals surface area (Å²) in [6.45, 7) is 3.02. The Morgan fingerprint density at radius 1 is 0.912 bits per heavy atom. The van der Waals surface area contributed by atoms with E-state index in [1.807, 2.05) is 101 Å². The van der Waals surface area contributed by atoms with E-state index in [2.05, 4.69) is 5.32 Å². The van der Waals surface area contributed by atoms with Crippen LogP contribution in [0.4, 0.5) is 0 Å². The van der Waals surface area contributed by atoms with Crippen LogP contribution in [-0.2, 0) is 22.6 Å². The summed E-state index contributed by atoms with van der Waals surface area (Å²) >= 11 is 0. The lowest BCUT2D eigenvalue weighted by Crippen LogP contribution is -2.46. The molecule has 1 aromatic heterocycles. The molecule has 6 heteroatoms. The third-order valence-corrected chi connectivity index (χ3v) is 6.50. The van der Waals surface area contributed by atoms with E-state index >= 15 is 0 Å². The predicted octanol–water partition coefficient (Wildman–Crippen LogP) is 4.43. The van der Waals surface area contributed by atoms with Gasteiger partial charge in [-0.15, -0.1) is 0 Å². The molecule has 0 spiro atoms. The summed E-state index contributed by atoms with van der Waals surface area (Å²) in [4.78, 5) is 33.4. The van der Waals surface area contributed by atoms with Crippen LogP contribution in [0.25, 0.3) is 11.0 Å². The van der Waals surface area contributed by atoms with Gasteiger partial charge in [0, 0.05) is 13.1 Å². The fourth-order valence-corrected chi connectivity index (χ4v) is 4.73. The number of carbonyl (C=O) groups is 2. The van der Waals surface area contributed by atoms with E-state index in [0.717, 1.165) is 28.8 Å². The number of rotatable bonds is 7. The fourth-order valence-electron chi connectivity index (χ4n) is 4.73. The topological polar surface area (TPSA) is 67.2 Å². The van der Waals surface area contributed by atoms with Gasteiger partial charge in [0.05, 0.1) is 23.5 Å². The van der Waals surface area contributed by atoms with Crippen molar-refractivity contribution in [3.05, 3.63) is 102 Å². The second-order valence-corrected chi connectivity index (χ2v) is 8.76. The van der Waals surface area contributed by atoms with E-state index in [0.29, 0.717) is 13.1 Å². The second kappa shape index (κ2) is 9.51. The zero-order chi connectivity index (χ0) is 23.5. The number of amides is 2. The Labute approximate surface area is 199 Å². The maximum Gasteiger partial charge on any atom is 0.247 e. The number of carbonyl (C=O) groups excluding carboxylic acids is 2. The first-order valence-electron chi connectivity index (χ1n) is 11.7. The Morgan fingerprint density at radius 3 is 2.29 bits per heavy atom. The van der Waals surface area contributed by atoms with Gasteiger partial charge in [-0.25, -0.2) is 4.98 Å². The predicted molar refractivity (Wildman–Crippen MR) is 132 cm³/mol. The maximum absolute atomic E-state index is 13.8. The molecule has 4 aromatic rings. The number of aromatic nitrogens is 2. The Balaban J connectivity index is 1.40. The summed E-state index contributed by atoms with van der Waals surface area (Å²) in [6, 6.07) is 27.0. The highest BCUT2D eigenvalue weighted by molar-refractivity contribution is 5.90. The molecular formula is C28H28N4O2. The minimum absolute atomic E-state index is 0.0507. The van der Waals surface area contributed by atoms with Gasteiger partial charge in [-0.3, -0.25) is 9.59 Å². The third-order valence-electron chi connectivity index (χ3n) is 6.50. The quantitative estimate of drug-likeness (QED) is 0.451. The number of fused-ring (bicyclic) bond motifs is 3. The lowest BCUT2D eigenvalue weighted by molar-refractivity contribution is -0.142. The summed E-state index contributed by atoms with van der Waals surface area (Å²) in [5, 5.41) is 3.00. The highest BCUT2D eigenvalue weighted by atomic mass is 16.2. The van der Waals surface area contributed by atoms with Crippen molar-refractivity contribution >= 4 is 22.8 Å². The van der Waals surface area contributed by atoms with Gasteiger partial charge >= 0.3 is 0 Å². The molecule has 2 amide bonds. The van der Waals surface area contributed by atoms with E-state index in [1.165, 1.54) is 5.56 Å². The number of nitrogens with one attached hydrogen (secondary N) is 1. The van der Waals surface area contributed by atoms with Crippen LogP contribution in [-0.4, -0.2) is 32.8 Å². The Kier molecular flexibility index (Phi) is 6.12. The molecule has 2 atom stereocenters. The van der Waals surface area contributed by atoms with Crippen molar-refractivity contribution in [1.29, 1.82) is 0 Å². The average Bonchev–Trinajstić information content (AvgIpc) is 3.25. The van der Waals surface area contributed by atoms with Gasteiger partial charge in [0.25, 0.3) is 0 Å². The molecule has 0 fully saturated rings. The van der Waals surface area contributed by atoms with Crippen LogP contribution < -0.4 is 5.32 Å². The number of nitrogens with zero attached hydrogens (tertiary/aromatic N) is 3.